The Morgan fingerprint density at radius 3 is 2.63 bits per heavy atom. The number of nitrogens with zero attached hydrogens (tertiary/aromatic N) is 2. The summed E-state index contributed by atoms with van der Waals surface area (Å²) >= 11 is 2.66. The summed E-state index contributed by atoms with van der Waals surface area (Å²) in [6, 6.07) is 15.7. The van der Waals surface area contributed by atoms with Gasteiger partial charge in [-0.05, 0) is 42.7 Å². The second kappa shape index (κ2) is 8.45. The lowest BCUT2D eigenvalue weighted by Gasteiger charge is -2.09. The van der Waals surface area contributed by atoms with Crippen LogP contribution in [-0.2, 0) is 11.8 Å². The van der Waals surface area contributed by atoms with Gasteiger partial charge in [0.1, 0.15) is 4.70 Å². The van der Waals surface area contributed by atoms with Crippen molar-refractivity contribution in [1.29, 1.82) is 0 Å². The average Bonchev–Trinajstić information content (AvgIpc) is 3.17. The van der Waals surface area contributed by atoms with Gasteiger partial charge in [0, 0.05) is 23.7 Å². The van der Waals surface area contributed by atoms with Crippen molar-refractivity contribution in [2.75, 3.05) is 11.1 Å². The first-order chi connectivity index (χ1) is 14.4. The van der Waals surface area contributed by atoms with E-state index in [4.69, 9.17) is 4.98 Å². The van der Waals surface area contributed by atoms with Crippen molar-refractivity contribution in [3.05, 3.63) is 75.4 Å². The fourth-order valence-electron chi connectivity index (χ4n) is 3.12. The molecule has 152 valence electrons. The number of thiophene rings is 1. The van der Waals surface area contributed by atoms with Crippen LogP contribution in [0, 0.1) is 13.8 Å². The largest absolute Gasteiger partial charge is 0.325 e. The molecule has 0 fully saturated rings. The molecule has 0 atom stereocenters. The molecule has 0 saturated carbocycles. The molecule has 30 heavy (non-hydrogen) atoms. The zero-order valence-electron chi connectivity index (χ0n) is 16.9. The molecule has 2 heterocycles. The van der Waals surface area contributed by atoms with Gasteiger partial charge in [-0.3, -0.25) is 14.2 Å². The SMILES string of the molecule is Cc1ccc(NC(=O)CSc2nc3c(-c4ccccc4)csc3c(=O)n2C)cc1C. The van der Waals surface area contributed by atoms with Crippen molar-refractivity contribution in [2.45, 2.75) is 19.0 Å². The van der Waals surface area contributed by atoms with E-state index in [0.717, 1.165) is 22.4 Å². The highest BCUT2D eigenvalue weighted by molar-refractivity contribution is 7.99. The molecule has 0 bridgehead atoms. The third-order valence-corrected chi connectivity index (χ3v) is 6.95. The van der Waals surface area contributed by atoms with Gasteiger partial charge >= 0.3 is 0 Å². The van der Waals surface area contributed by atoms with E-state index in [1.54, 1.807) is 7.05 Å². The fourth-order valence-corrected chi connectivity index (χ4v) is 4.88. The Balaban J connectivity index is 1.58. The summed E-state index contributed by atoms with van der Waals surface area (Å²) < 4.78 is 2.14. The van der Waals surface area contributed by atoms with Gasteiger partial charge < -0.3 is 5.32 Å². The van der Waals surface area contributed by atoms with Crippen LogP contribution in [0.5, 0.6) is 0 Å². The number of nitrogens with one attached hydrogen (secondary N) is 1. The number of aryl methyl sites for hydroxylation is 2. The Bertz CT molecular complexity index is 1290. The molecule has 4 aromatic rings. The maximum Gasteiger partial charge on any atom is 0.271 e. The van der Waals surface area contributed by atoms with Gasteiger partial charge in [-0.2, -0.15) is 0 Å². The van der Waals surface area contributed by atoms with Crippen LogP contribution in [-0.4, -0.2) is 21.2 Å². The molecule has 0 aliphatic carbocycles. The van der Waals surface area contributed by atoms with E-state index < -0.39 is 0 Å². The molecule has 0 aliphatic rings. The van der Waals surface area contributed by atoms with Gasteiger partial charge in [0.15, 0.2) is 5.16 Å². The Morgan fingerprint density at radius 1 is 1.13 bits per heavy atom. The van der Waals surface area contributed by atoms with Crippen LogP contribution in [0.2, 0.25) is 0 Å². The van der Waals surface area contributed by atoms with Crippen LogP contribution in [0.1, 0.15) is 11.1 Å². The maximum atomic E-state index is 12.8. The number of hydrogen-bond donors (Lipinski definition) is 1. The van der Waals surface area contributed by atoms with E-state index in [0.29, 0.717) is 15.4 Å². The van der Waals surface area contributed by atoms with E-state index in [2.05, 4.69) is 5.32 Å². The highest BCUT2D eigenvalue weighted by Crippen LogP contribution is 2.32. The zero-order valence-corrected chi connectivity index (χ0v) is 18.6. The minimum atomic E-state index is -0.133. The lowest BCUT2D eigenvalue weighted by molar-refractivity contribution is -0.113. The summed E-state index contributed by atoms with van der Waals surface area (Å²) in [6.07, 6.45) is 0. The lowest BCUT2D eigenvalue weighted by atomic mass is 10.1. The molecule has 0 saturated heterocycles. The Labute approximate surface area is 182 Å². The van der Waals surface area contributed by atoms with Gasteiger partial charge in [-0.15, -0.1) is 11.3 Å². The number of carbonyl (C=O) groups is 1. The molecule has 2 aromatic carbocycles. The number of amides is 1. The molecule has 2 aromatic heterocycles. The summed E-state index contributed by atoms with van der Waals surface area (Å²) in [5, 5.41) is 5.40. The number of carbonyl (C=O) groups excluding carboxylic acids is 1. The number of benzene rings is 2. The van der Waals surface area contributed by atoms with Crippen molar-refractivity contribution in [3.63, 3.8) is 0 Å². The predicted octanol–water partition coefficient (Wildman–Crippen LogP) is 5.01. The highest BCUT2D eigenvalue weighted by Gasteiger charge is 2.16. The standard InChI is InChI=1S/C23H21N3O2S2/c1-14-9-10-17(11-15(14)2)24-19(27)13-30-23-25-20-18(16-7-5-4-6-8-16)12-29-21(20)22(28)26(23)3/h4-12H,13H2,1-3H3,(H,24,27). The van der Waals surface area contributed by atoms with Gasteiger partial charge in [-0.1, -0.05) is 48.2 Å². The number of hydrogen-bond acceptors (Lipinski definition) is 5. The lowest BCUT2D eigenvalue weighted by Crippen LogP contribution is -2.20. The Kier molecular flexibility index (Phi) is 5.74. The summed E-state index contributed by atoms with van der Waals surface area (Å²) in [6.45, 7) is 4.05. The number of fused-ring (bicyclic) bond motifs is 1. The van der Waals surface area contributed by atoms with Gasteiger partial charge in [0.25, 0.3) is 5.56 Å². The molecule has 5 nitrogen and oxygen atoms in total. The summed E-state index contributed by atoms with van der Waals surface area (Å²) in [7, 11) is 1.69. The quantitative estimate of drug-likeness (QED) is 0.354. The van der Waals surface area contributed by atoms with Crippen molar-refractivity contribution in [3.8, 4) is 11.1 Å². The summed E-state index contributed by atoms with van der Waals surface area (Å²) in [4.78, 5) is 30.0. The first kappa shape index (κ1) is 20.4. The van der Waals surface area contributed by atoms with Gasteiger partial charge in [0.05, 0.1) is 11.3 Å². The zero-order chi connectivity index (χ0) is 21.3. The molecule has 0 aliphatic heterocycles. The summed E-state index contributed by atoms with van der Waals surface area (Å²) in [5.74, 6) is 0.0370. The van der Waals surface area contributed by atoms with Gasteiger partial charge in [-0.25, -0.2) is 4.98 Å². The first-order valence-electron chi connectivity index (χ1n) is 9.47. The van der Waals surface area contributed by atoms with Gasteiger partial charge in [0.2, 0.25) is 5.91 Å². The van der Waals surface area contributed by atoms with Crippen molar-refractivity contribution < 1.29 is 4.79 Å². The van der Waals surface area contributed by atoms with E-state index in [-0.39, 0.29) is 17.2 Å². The molecule has 1 amide bonds. The minimum absolute atomic E-state index is 0.0933. The van der Waals surface area contributed by atoms with Crippen LogP contribution in [0.4, 0.5) is 5.69 Å². The number of thioether (sulfide) groups is 1. The van der Waals surface area contributed by atoms with Crippen LogP contribution in [0.25, 0.3) is 21.3 Å². The second-order valence-electron chi connectivity index (χ2n) is 7.09. The maximum absolute atomic E-state index is 12.8. The topological polar surface area (TPSA) is 64.0 Å². The number of aromatic nitrogens is 2. The molecule has 7 heteroatoms. The van der Waals surface area contributed by atoms with Crippen LogP contribution in [0.3, 0.4) is 0 Å². The molecular formula is C23H21N3O2S2. The minimum Gasteiger partial charge on any atom is -0.325 e. The summed E-state index contributed by atoms with van der Waals surface area (Å²) in [5.41, 5.74) is 5.63. The van der Waals surface area contributed by atoms with Crippen molar-refractivity contribution in [1.82, 2.24) is 9.55 Å². The molecular weight excluding hydrogens is 414 g/mol. The Morgan fingerprint density at radius 2 is 1.90 bits per heavy atom. The number of anilines is 1. The Hall–Kier alpha value is -2.90. The third-order valence-electron chi connectivity index (χ3n) is 4.97. The predicted molar refractivity (Wildman–Crippen MR) is 126 cm³/mol. The average molecular weight is 436 g/mol. The first-order valence-corrected chi connectivity index (χ1v) is 11.3. The van der Waals surface area contributed by atoms with E-state index in [1.807, 2.05) is 67.8 Å². The number of rotatable bonds is 5. The highest BCUT2D eigenvalue weighted by atomic mass is 32.2. The molecule has 0 unspecified atom stereocenters. The van der Waals surface area contributed by atoms with Crippen LogP contribution in [0.15, 0.2) is 63.9 Å². The second-order valence-corrected chi connectivity index (χ2v) is 8.91. The van der Waals surface area contributed by atoms with E-state index in [1.165, 1.54) is 33.2 Å². The fraction of sp³-hybridized carbons (Fsp3) is 0.174. The van der Waals surface area contributed by atoms with E-state index >= 15 is 0 Å². The van der Waals surface area contributed by atoms with Crippen LogP contribution < -0.4 is 10.9 Å². The molecule has 1 N–H and O–H groups in total. The third kappa shape index (κ3) is 4.04. The smallest absolute Gasteiger partial charge is 0.271 e. The molecule has 4 rings (SSSR count). The monoisotopic (exact) mass is 435 g/mol. The van der Waals surface area contributed by atoms with Crippen molar-refractivity contribution in [2.24, 2.45) is 7.05 Å². The van der Waals surface area contributed by atoms with E-state index in [9.17, 15) is 9.59 Å². The molecule has 0 radical (unpaired) electrons. The van der Waals surface area contributed by atoms with Crippen molar-refractivity contribution >= 4 is 44.9 Å². The normalized spacial score (nSPS) is 11.0. The van der Waals surface area contributed by atoms with Crippen LogP contribution >= 0.6 is 23.1 Å². The molecule has 0 spiro atoms.